The van der Waals surface area contributed by atoms with Crippen molar-refractivity contribution in [3.63, 3.8) is 0 Å². The van der Waals surface area contributed by atoms with E-state index in [1.807, 2.05) is 6.20 Å². The second kappa shape index (κ2) is 6.78. The van der Waals surface area contributed by atoms with Crippen LogP contribution in [0.15, 0.2) is 18.3 Å². The van der Waals surface area contributed by atoms with E-state index in [9.17, 15) is 0 Å². The predicted octanol–water partition coefficient (Wildman–Crippen LogP) is 4.07. The number of nitrogens with one attached hydrogen (secondary N) is 1. The molecule has 1 aromatic rings. The molecule has 3 rings (SSSR count). The third-order valence-corrected chi connectivity index (χ3v) is 5.13. The number of likely N-dealkylation sites (tertiary alicyclic amines) is 1. The van der Waals surface area contributed by atoms with Crippen molar-refractivity contribution in [3.05, 3.63) is 29.6 Å². The number of H-pyrrole nitrogens is 1. The Bertz CT molecular complexity index is 475. The van der Waals surface area contributed by atoms with Gasteiger partial charge in [0.25, 0.3) is 0 Å². The van der Waals surface area contributed by atoms with Gasteiger partial charge in [0.05, 0.1) is 6.20 Å². The van der Waals surface area contributed by atoms with Crippen LogP contribution in [0.2, 0.25) is 0 Å². The zero-order chi connectivity index (χ0) is 14.7. The maximum Gasteiger partial charge on any atom is 0.0524 e. The zero-order valence-electron chi connectivity index (χ0n) is 13.5. The van der Waals surface area contributed by atoms with Crippen LogP contribution in [-0.4, -0.2) is 34.7 Å². The molecule has 1 aliphatic carbocycles. The largest absolute Gasteiger partial charge is 0.302 e. The smallest absolute Gasteiger partial charge is 0.0524 e. The van der Waals surface area contributed by atoms with Crippen molar-refractivity contribution >= 4 is 0 Å². The molecule has 1 aromatic heterocycles. The van der Waals surface area contributed by atoms with Gasteiger partial charge in [-0.3, -0.25) is 5.10 Å². The SMILES string of the molecule is CC(C)c1cn[nH]c1[C@@H]1CCCN(C[C@H]2CC=CCC2)C1. The van der Waals surface area contributed by atoms with Crippen molar-refractivity contribution in [2.75, 3.05) is 19.6 Å². The fraction of sp³-hybridized carbons (Fsp3) is 0.722. The first-order chi connectivity index (χ1) is 10.2. The second-order valence-corrected chi connectivity index (χ2v) is 7.14. The summed E-state index contributed by atoms with van der Waals surface area (Å²) in [6.07, 6.45) is 13.3. The third kappa shape index (κ3) is 3.57. The Morgan fingerprint density at radius 3 is 3.00 bits per heavy atom. The van der Waals surface area contributed by atoms with Crippen LogP contribution in [0, 0.1) is 5.92 Å². The van der Waals surface area contributed by atoms with Gasteiger partial charge in [0.2, 0.25) is 0 Å². The first-order valence-corrected chi connectivity index (χ1v) is 8.64. The lowest BCUT2D eigenvalue weighted by Gasteiger charge is -2.35. The van der Waals surface area contributed by atoms with Crippen LogP contribution in [0.4, 0.5) is 0 Å². The molecule has 1 saturated heterocycles. The first-order valence-electron chi connectivity index (χ1n) is 8.64. The minimum Gasteiger partial charge on any atom is -0.302 e. The Hall–Kier alpha value is -1.09. The average Bonchev–Trinajstić information content (AvgIpc) is 2.98. The summed E-state index contributed by atoms with van der Waals surface area (Å²) in [6.45, 7) is 8.31. The van der Waals surface area contributed by atoms with E-state index in [0.29, 0.717) is 11.8 Å². The van der Waals surface area contributed by atoms with Crippen LogP contribution in [0.1, 0.15) is 69.0 Å². The molecule has 21 heavy (non-hydrogen) atoms. The molecule has 116 valence electrons. The van der Waals surface area contributed by atoms with E-state index < -0.39 is 0 Å². The Balaban J connectivity index is 1.62. The maximum atomic E-state index is 4.31. The van der Waals surface area contributed by atoms with Crippen molar-refractivity contribution < 1.29 is 0 Å². The molecular weight excluding hydrogens is 258 g/mol. The predicted molar refractivity (Wildman–Crippen MR) is 87.6 cm³/mol. The molecule has 2 atom stereocenters. The van der Waals surface area contributed by atoms with Crippen LogP contribution in [0.25, 0.3) is 0 Å². The van der Waals surface area contributed by atoms with E-state index in [0.717, 1.165) is 5.92 Å². The van der Waals surface area contributed by atoms with E-state index >= 15 is 0 Å². The number of rotatable bonds is 4. The normalized spacial score (nSPS) is 27.4. The molecule has 2 aliphatic rings. The molecule has 1 fully saturated rings. The zero-order valence-corrected chi connectivity index (χ0v) is 13.5. The summed E-state index contributed by atoms with van der Waals surface area (Å²) < 4.78 is 0. The number of nitrogens with zero attached hydrogens (tertiary/aromatic N) is 2. The molecule has 0 spiro atoms. The van der Waals surface area contributed by atoms with Crippen LogP contribution in [0.5, 0.6) is 0 Å². The van der Waals surface area contributed by atoms with Crippen molar-refractivity contribution in [3.8, 4) is 0 Å². The lowest BCUT2D eigenvalue weighted by Crippen LogP contribution is -2.38. The summed E-state index contributed by atoms with van der Waals surface area (Å²) in [5.41, 5.74) is 2.82. The fourth-order valence-corrected chi connectivity index (χ4v) is 3.94. The van der Waals surface area contributed by atoms with Crippen LogP contribution >= 0.6 is 0 Å². The minimum absolute atomic E-state index is 0.567. The summed E-state index contributed by atoms with van der Waals surface area (Å²) >= 11 is 0. The van der Waals surface area contributed by atoms with Gasteiger partial charge in [0.1, 0.15) is 0 Å². The van der Waals surface area contributed by atoms with Crippen molar-refractivity contribution in [1.29, 1.82) is 0 Å². The van der Waals surface area contributed by atoms with Crippen molar-refractivity contribution in [2.45, 2.75) is 57.8 Å². The fourth-order valence-electron chi connectivity index (χ4n) is 3.94. The topological polar surface area (TPSA) is 31.9 Å². The molecule has 0 amide bonds. The van der Waals surface area contributed by atoms with Crippen LogP contribution in [0.3, 0.4) is 0 Å². The third-order valence-electron chi connectivity index (χ3n) is 5.13. The lowest BCUT2D eigenvalue weighted by atomic mass is 9.88. The summed E-state index contributed by atoms with van der Waals surface area (Å²) in [4.78, 5) is 2.70. The molecule has 2 heterocycles. The quantitative estimate of drug-likeness (QED) is 0.847. The number of piperidine rings is 1. The molecule has 1 N–H and O–H groups in total. The van der Waals surface area contributed by atoms with E-state index in [-0.39, 0.29) is 0 Å². The Labute approximate surface area is 128 Å². The summed E-state index contributed by atoms with van der Waals surface area (Å²) in [5, 5.41) is 7.60. The minimum atomic E-state index is 0.567. The molecular formula is C18H29N3. The molecule has 3 nitrogen and oxygen atoms in total. The summed E-state index contributed by atoms with van der Waals surface area (Å²) in [6, 6.07) is 0. The van der Waals surface area contributed by atoms with E-state index in [1.165, 1.54) is 63.0 Å². The number of hydrogen-bond donors (Lipinski definition) is 1. The highest BCUT2D eigenvalue weighted by Gasteiger charge is 2.26. The average molecular weight is 287 g/mol. The second-order valence-electron chi connectivity index (χ2n) is 7.14. The highest BCUT2D eigenvalue weighted by Crippen LogP contribution is 2.32. The van der Waals surface area contributed by atoms with Crippen molar-refractivity contribution in [2.24, 2.45) is 5.92 Å². The molecule has 0 radical (unpaired) electrons. The molecule has 1 aliphatic heterocycles. The standard InChI is InChI=1S/C18H29N3/c1-14(2)17-11-19-20-18(17)16-9-6-10-21(13-16)12-15-7-4-3-5-8-15/h3-4,11,14-16H,5-10,12-13H2,1-2H3,(H,19,20)/t15-,16+/m0/s1. The first kappa shape index (κ1) is 14.8. The monoisotopic (exact) mass is 287 g/mol. The van der Waals surface area contributed by atoms with Gasteiger partial charge in [-0.05, 0) is 56.0 Å². The van der Waals surface area contributed by atoms with Gasteiger partial charge >= 0.3 is 0 Å². The van der Waals surface area contributed by atoms with Gasteiger partial charge in [0, 0.05) is 24.7 Å². The Morgan fingerprint density at radius 1 is 1.33 bits per heavy atom. The number of aromatic amines is 1. The van der Waals surface area contributed by atoms with Gasteiger partial charge in [-0.25, -0.2) is 0 Å². The number of aromatic nitrogens is 2. The molecule has 0 bridgehead atoms. The van der Waals surface area contributed by atoms with Gasteiger partial charge < -0.3 is 4.90 Å². The Kier molecular flexibility index (Phi) is 4.79. The summed E-state index contributed by atoms with van der Waals surface area (Å²) in [5.74, 6) is 2.09. The van der Waals surface area contributed by atoms with Gasteiger partial charge in [-0.15, -0.1) is 0 Å². The van der Waals surface area contributed by atoms with Crippen molar-refractivity contribution in [1.82, 2.24) is 15.1 Å². The lowest BCUT2D eigenvalue weighted by molar-refractivity contribution is 0.172. The van der Waals surface area contributed by atoms with Gasteiger partial charge in [-0.1, -0.05) is 26.0 Å². The maximum absolute atomic E-state index is 4.31. The van der Waals surface area contributed by atoms with E-state index in [4.69, 9.17) is 0 Å². The molecule has 0 saturated carbocycles. The van der Waals surface area contributed by atoms with E-state index in [2.05, 4.69) is 41.1 Å². The van der Waals surface area contributed by atoms with Gasteiger partial charge in [0.15, 0.2) is 0 Å². The van der Waals surface area contributed by atoms with Crippen LogP contribution in [-0.2, 0) is 0 Å². The van der Waals surface area contributed by atoms with Crippen LogP contribution < -0.4 is 0 Å². The molecule has 0 unspecified atom stereocenters. The highest BCUT2D eigenvalue weighted by atomic mass is 15.2. The summed E-state index contributed by atoms with van der Waals surface area (Å²) in [7, 11) is 0. The molecule has 3 heteroatoms. The molecule has 0 aromatic carbocycles. The number of hydrogen-bond acceptors (Lipinski definition) is 2. The highest BCUT2D eigenvalue weighted by molar-refractivity contribution is 5.24. The van der Waals surface area contributed by atoms with E-state index in [1.54, 1.807) is 0 Å². The Morgan fingerprint density at radius 2 is 2.24 bits per heavy atom. The number of allylic oxidation sites excluding steroid dienone is 2. The van der Waals surface area contributed by atoms with Gasteiger partial charge in [-0.2, -0.15) is 5.10 Å².